The smallest absolute Gasteiger partial charge is 0.407 e. The van der Waals surface area contributed by atoms with E-state index < -0.39 is 17.3 Å². The fourth-order valence-corrected chi connectivity index (χ4v) is 2.52. The number of unbranched alkanes of at least 4 members (excludes halogenated alkanes) is 5. The van der Waals surface area contributed by atoms with E-state index in [0.717, 1.165) is 44.9 Å². The molecule has 0 aromatic carbocycles. The van der Waals surface area contributed by atoms with E-state index in [9.17, 15) is 14.4 Å². The van der Waals surface area contributed by atoms with Crippen molar-refractivity contribution in [2.45, 2.75) is 104 Å². The summed E-state index contributed by atoms with van der Waals surface area (Å²) in [7, 11) is 0. The maximum absolute atomic E-state index is 11.8. The lowest BCUT2D eigenvalue weighted by Crippen LogP contribution is -2.33. The van der Waals surface area contributed by atoms with Crippen LogP contribution in [-0.4, -0.2) is 48.9 Å². The monoisotopic (exact) mass is 429 g/mol. The zero-order valence-corrected chi connectivity index (χ0v) is 19.8. The Morgan fingerprint density at radius 1 is 0.567 bits per heavy atom. The lowest BCUT2D eigenvalue weighted by atomic mass is 10.1. The van der Waals surface area contributed by atoms with Gasteiger partial charge in [-0.25, -0.2) is 9.59 Å². The van der Waals surface area contributed by atoms with Crippen LogP contribution in [0.15, 0.2) is 0 Å². The summed E-state index contributed by atoms with van der Waals surface area (Å²) < 4.78 is 10.3. The highest BCUT2D eigenvalue weighted by molar-refractivity contribution is 5.75. The van der Waals surface area contributed by atoms with Crippen LogP contribution in [0.3, 0.4) is 0 Å². The molecule has 0 aliphatic rings. The van der Waals surface area contributed by atoms with Crippen LogP contribution in [-0.2, 0) is 14.3 Å². The van der Waals surface area contributed by atoms with E-state index in [1.165, 1.54) is 0 Å². The van der Waals surface area contributed by atoms with Crippen molar-refractivity contribution in [1.29, 1.82) is 0 Å². The second-order valence-corrected chi connectivity index (χ2v) is 9.43. The molecule has 0 rings (SSSR count). The van der Waals surface area contributed by atoms with E-state index in [1.807, 2.05) is 41.5 Å². The summed E-state index contributed by atoms with van der Waals surface area (Å²) in [4.78, 5) is 34.8. The molecule has 3 N–H and O–H groups in total. The molecule has 8 heteroatoms. The number of hydrogen-bond acceptors (Lipinski definition) is 5. The number of rotatable bonds is 13. The lowest BCUT2D eigenvalue weighted by molar-refractivity contribution is -0.121. The quantitative estimate of drug-likeness (QED) is 0.379. The van der Waals surface area contributed by atoms with Crippen LogP contribution in [0.5, 0.6) is 0 Å². The van der Waals surface area contributed by atoms with Gasteiger partial charge in [-0.1, -0.05) is 19.3 Å². The minimum absolute atomic E-state index is 0.0710. The molecule has 0 heterocycles. The van der Waals surface area contributed by atoms with Gasteiger partial charge in [0.2, 0.25) is 5.91 Å². The summed E-state index contributed by atoms with van der Waals surface area (Å²) in [5.74, 6) is 0.0710. The van der Waals surface area contributed by atoms with Crippen LogP contribution in [0, 0.1) is 0 Å². The molecule has 0 radical (unpaired) electrons. The molecule has 0 saturated carbocycles. The zero-order chi connectivity index (χ0) is 23.0. The van der Waals surface area contributed by atoms with Crippen LogP contribution in [0.1, 0.15) is 92.9 Å². The first kappa shape index (κ1) is 28.0. The second kappa shape index (κ2) is 14.9. The number of hydrogen-bond donors (Lipinski definition) is 3. The van der Waals surface area contributed by atoms with Crippen molar-refractivity contribution in [1.82, 2.24) is 16.0 Å². The molecule has 176 valence electrons. The standard InChI is InChI=1S/C22H43N3O5/c1-21(2,3)29-19(27)24-16-12-8-7-11-15-23-18(26)14-10-9-13-17-25-20(28)30-22(4,5)6/h7-17H2,1-6H3,(H,23,26)(H,24,27)(H,25,28). The Morgan fingerprint density at radius 2 is 0.933 bits per heavy atom. The minimum Gasteiger partial charge on any atom is -0.444 e. The highest BCUT2D eigenvalue weighted by Crippen LogP contribution is 2.07. The van der Waals surface area contributed by atoms with Crippen molar-refractivity contribution < 1.29 is 23.9 Å². The van der Waals surface area contributed by atoms with Gasteiger partial charge >= 0.3 is 12.2 Å². The summed E-state index contributed by atoms with van der Waals surface area (Å²) in [6, 6.07) is 0. The van der Waals surface area contributed by atoms with E-state index in [0.29, 0.717) is 26.1 Å². The Morgan fingerprint density at radius 3 is 1.33 bits per heavy atom. The molecule has 0 bridgehead atoms. The Bertz CT molecular complexity index is 510. The molecular formula is C22H43N3O5. The number of carbonyl (C=O) groups is 3. The summed E-state index contributed by atoms with van der Waals surface area (Å²) in [6.45, 7) is 12.8. The summed E-state index contributed by atoms with van der Waals surface area (Å²) >= 11 is 0. The van der Waals surface area contributed by atoms with Gasteiger partial charge in [-0.15, -0.1) is 0 Å². The first-order valence-corrected chi connectivity index (χ1v) is 11.1. The van der Waals surface area contributed by atoms with Crippen LogP contribution >= 0.6 is 0 Å². The number of alkyl carbamates (subject to hydrolysis) is 2. The molecule has 3 amide bonds. The third kappa shape index (κ3) is 20.7. The van der Waals surface area contributed by atoms with Crippen molar-refractivity contribution >= 4 is 18.1 Å². The second-order valence-electron chi connectivity index (χ2n) is 9.43. The Hall–Kier alpha value is -1.99. The Balaban J connectivity index is 3.44. The van der Waals surface area contributed by atoms with Crippen LogP contribution in [0.25, 0.3) is 0 Å². The van der Waals surface area contributed by atoms with E-state index in [1.54, 1.807) is 0 Å². The van der Waals surface area contributed by atoms with Gasteiger partial charge in [0.15, 0.2) is 0 Å². The predicted molar refractivity (Wildman–Crippen MR) is 118 cm³/mol. The van der Waals surface area contributed by atoms with E-state index in [-0.39, 0.29) is 12.0 Å². The van der Waals surface area contributed by atoms with Crippen molar-refractivity contribution in [3.63, 3.8) is 0 Å². The van der Waals surface area contributed by atoms with Gasteiger partial charge in [0, 0.05) is 26.1 Å². The van der Waals surface area contributed by atoms with E-state index in [4.69, 9.17) is 9.47 Å². The van der Waals surface area contributed by atoms with Gasteiger partial charge < -0.3 is 25.4 Å². The first-order chi connectivity index (χ1) is 13.9. The lowest BCUT2D eigenvalue weighted by Gasteiger charge is -2.19. The van der Waals surface area contributed by atoms with Crippen molar-refractivity contribution in [3.05, 3.63) is 0 Å². The average Bonchev–Trinajstić information content (AvgIpc) is 2.57. The van der Waals surface area contributed by atoms with Gasteiger partial charge in [-0.3, -0.25) is 4.79 Å². The predicted octanol–water partition coefficient (Wildman–Crippen LogP) is 4.27. The van der Waals surface area contributed by atoms with Gasteiger partial charge in [0.25, 0.3) is 0 Å². The number of ether oxygens (including phenoxy) is 2. The molecule has 0 saturated heterocycles. The Kier molecular flexibility index (Phi) is 13.9. The minimum atomic E-state index is -0.487. The summed E-state index contributed by atoms with van der Waals surface area (Å²) in [6.07, 6.45) is 6.06. The molecule has 0 atom stereocenters. The highest BCUT2D eigenvalue weighted by atomic mass is 16.6. The van der Waals surface area contributed by atoms with Crippen LogP contribution in [0.2, 0.25) is 0 Å². The first-order valence-electron chi connectivity index (χ1n) is 11.1. The molecule has 0 unspecified atom stereocenters. The average molecular weight is 430 g/mol. The number of amides is 3. The topological polar surface area (TPSA) is 106 Å². The number of carbonyl (C=O) groups excluding carboxylic acids is 3. The van der Waals surface area contributed by atoms with Crippen LogP contribution in [0.4, 0.5) is 9.59 Å². The summed E-state index contributed by atoms with van der Waals surface area (Å²) in [5.41, 5.74) is -0.960. The normalized spacial score (nSPS) is 11.5. The third-order valence-corrected chi connectivity index (χ3v) is 3.84. The van der Waals surface area contributed by atoms with Gasteiger partial charge in [-0.2, -0.15) is 0 Å². The molecular weight excluding hydrogens is 386 g/mol. The van der Waals surface area contributed by atoms with Gasteiger partial charge in [0.05, 0.1) is 0 Å². The number of nitrogens with one attached hydrogen (secondary N) is 3. The maximum atomic E-state index is 11.8. The zero-order valence-electron chi connectivity index (χ0n) is 19.8. The van der Waals surface area contributed by atoms with Crippen molar-refractivity contribution in [2.75, 3.05) is 19.6 Å². The molecule has 8 nitrogen and oxygen atoms in total. The summed E-state index contributed by atoms with van der Waals surface area (Å²) in [5, 5.41) is 8.39. The molecule has 0 aromatic heterocycles. The molecule has 0 aliphatic heterocycles. The maximum Gasteiger partial charge on any atom is 0.407 e. The largest absolute Gasteiger partial charge is 0.444 e. The van der Waals surface area contributed by atoms with Crippen molar-refractivity contribution in [3.8, 4) is 0 Å². The molecule has 0 spiro atoms. The van der Waals surface area contributed by atoms with Gasteiger partial charge in [-0.05, 0) is 67.2 Å². The van der Waals surface area contributed by atoms with E-state index in [2.05, 4.69) is 16.0 Å². The van der Waals surface area contributed by atoms with E-state index >= 15 is 0 Å². The van der Waals surface area contributed by atoms with Gasteiger partial charge in [0.1, 0.15) is 11.2 Å². The highest BCUT2D eigenvalue weighted by Gasteiger charge is 2.16. The molecule has 30 heavy (non-hydrogen) atoms. The van der Waals surface area contributed by atoms with Crippen molar-refractivity contribution in [2.24, 2.45) is 0 Å². The molecule has 0 aliphatic carbocycles. The third-order valence-electron chi connectivity index (χ3n) is 3.84. The SMILES string of the molecule is CC(C)(C)OC(=O)NCCCCCCNC(=O)CCCCCNC(=O)OC(C)(C)C. The fourth-order valence-electron chi connectivity index (χ4n) is 2.52. The molecule has 0 fully saturated rings. The fraction of sp³-hybridized carbons (Fsp3) is 0.864. The Labute approximate surface area is 182 Å². The molecule has 0 aromatic rings. The van der Waals surface area contributed by atoms with Crippen LogP contribution < -0.4 is 16.0 Å².